The zero-order valence-electron chi connectivity index (χ0n) is 32.7. The number of pyridine rings is 2. The predicted molar refractivity (Wildman–Crippen MR) is 214 cm³/mol. The minimum absolute atomic E-state index is 0.000929. The molecule has 302 valence electrons. The monoisotopic (exact) mass is 796 g/mol. The second-order valence-electron chi connectivity index (χ2n) is 16.8. The Labute approximate surface area is 339 Å². The summed E-state index contributed by atoms with van der Waals surface area (Å²) in [6.07, 6.45) is 10.9. The number of carbonyl (C=O) groups excluding carboxylic acids is 5. The van der Waals surface area contributed by atoms with Gasteiger partial charge in [-0.1, -0.05) is 12.1 Å². The average Bonchev–Trinajstić information content (AvgIpc) is 3.62. The van der Waals surface area contributed by atoms with Crippen molar-refractivity contribution in [1.29, 1.82) is 0 Å². The molecule has 10 rings (SSSR count). The van der Waals surface area contributed by atoms with Crippen LogP contribution in [0.2, 0.25) is 0 Å². The number of likely N-dealkylation sites (tertiary alicyclic amines) is 1. The highest BCUT2D eigenvalue weighted by molar-refractivity contribution is 6.23. The minimum Gasteiger partial charge on any atom is -0.494 e. The molecule has 5 aliphatic rings. The van der Waals surface area contributed by atoms with Crippen LogP contribution < -0.4 is 14.8 Å². The quantitative estimate of drug-likeness (QED) is 0.131. The number of hydrogen-bond acceptors (Lipinski definition) is 10. The van der Waals surface area contributed by atoms with E-state index in [4.69, 9.17) is 14.2 Å². The van der Waals surface area contributed by atoms with Crippen molar-refractivity contribution in [2.75, 3.05) is 26.3 Å². The molecule has 1 unspecified atom stereocenters. The second kappa shape index (κ2) is 14.6. The molecule has 4 fully saturated rings. The van der Waals surface area contributed by atoms with Gasteiger partial charge in [0.2, 0.25) is 23.6 Å². The van der Waals surface area contributed by atoms with Gasteiger partial charge in [0.25, 0.3) is 11.8 Å². The van der Waals surface area contributed by atoms with Crippen LogP contribution in [0.25, 0.3) is 32.9 Å². The first-order valence-corrected chi connectivity index (χ1v) is 20.5. The van der Waals surface area contributed by atoms with E-state index in [1.807, 2.05) is 41.7 Å². The molecule has 6 heterocycles. The van der Waals surface area contributed by atoms with Crippen molar-refractivity contribution in [3.63, 3.8) is 0 Å². The van der Waals surface area contributed by atoms with Crippen molar-refractivity contribution in [1.82, 2.24) is 29.7 Å². The van der Waals surface area contributed by atoms with E-state index in [2.05, 4.69) is 45.1 Å². The van der Waals surface area contributed by atoms with Gasteiger partial charge in [-0.3, -0.25) is 39.2 Å². The van der Waals surface area contributed by atoms with E-state index < -0.39 is 29.7 Å². The maximum absolute atomic E-state index is 13.2. The van der Waals surface area contributed by atoms with Gasteiger partial charge in [0, 0.05) is 91.0 Å². The number of nitrogens with zero attached hydrogens (tertiary/aromatic N) is 5. The molecule has 3 aromatic heterocycles. The lowest BCUT2D eigenvalue weighted by Gasteiger charge is -2.59. The lowest BCUT2D eigenvalue weighted by Crippen LogP contribution is -2.66. The van der Waals surface area contributed by atoms with Crippen LogP contribution >= 0.6 is 0 Å². The summed E-state index contributed by atoms with van der Waals surface area (Å²) < 4.78 is 20.3. The normalized spacial score (nSPS) is 22.3. The van der Waals surface area contributed by atoms with Gasteiger partial charge < -0.3 is 23.7 Å². The number of rotatable bonds is 12. The molecule has 0 radical (unpaired) electrons. The number of aryl methyl sites for hydroxylation is 1. The molecular weight excluding hydrogens is 753 g/mol. The SMILES string of the molecule is Cn1c2ccncc2c2ccc(-c3ccc(OC4CC(C(=O)N5CC6(CC(OCCCCOc7ccc8c(c7)C(=O)N(C7CCC(=O)NC7=O)C8=O)C6)C5)C4)nc3)cc21. The van der Waals surface area contributed by atoms with Crippen LogP contribution in [0.1, 0.15) is 72.1 Å². The molecule has 1 atom stereocenters. The lowest BCUT2D eigenvalue weighted by molar-refractivity contribution is -0.178. The zero-order chi connectivity index (χ0) is 40.4. The number of amides is 5. The standard InChI is InChI=1S/C45H44N6O8/c1-49-36-12-13-46-23-35(36)32-7-4-26(18-38(32)49)27-5-11-40(47-22-27)59-30-16-28(17-30)42(54)50-24-45(25-50)20-31(21-45)58-15-3-2-14-57-29-6-8-33-34(19-29)44(56)51(43(33)55)37-9-10-39(52)48-41(37)53/h4-8,11-13,18-19,22-23,28,30-31,37H,2-3,9-10,14-17,20-21,24-25H2,1H3,(H,48,52,53). The lowest BCUT2D eigenvalue weighted by atomic mass is 9.61. The van der Waals surface area contributed by atoms with Crippen LogP contribution in [-0.2, 0) is 26.2 Å². The van der Waals surface area contributed by atoms with Crippen molar-refractivity contribution in [2.24, 2.45) is 18.4 Å². The van der Waals surface area contributed by atoms with Crippen LogP contribution in [0.5, 0.6) is 11.6 Å². The molecule has 5 aromatic rings. The van der Waals surface area contributed by atoms with Crippen LogP contribution in [-0.4, -0.2) is 98.4 Å². The van der Waals surface area contributed by atoms with Crippen molar-refractivity contribution < 1.29 is 38.2 Å². The molecule has 2 saturated heterocycles. The largest absolute Gasteiger partial charge is 0.494 e. The van der Waals surface area contributed by atoms with Crippen LogP contribution in [0.3, 0.4) is 0 Å². The Balaban J connectivity index is 0.609. The van der Waals surface area contributed by atoms with Gasteiger partial charge in [0.05, 0.1) is 29.4 Å². The highest BCUT2D eigenvalue weighted by Crippen LogP contribution is 2.50. The summed E-state index contributed by atoms with van der Waals surface area (Å²) in [6.45, 7) is 2.63. The Hall–Kier alpha value is -6.15. The van der Waals surface area contributed by atoms with E-state index in [0.717, 1.165) is 71.2 Å². The average molecular weight is 797 g/mol. The molecule has 2 aromatic carbocycles. The summed E-state index contributed by atoms with van der Waals surface area (Å²) >= 11 is 0. The highest BCUT2D eigenvalue weighted by Gasteiger charge is 2.55. The molecular formula is C45H44N6O8. The van der Waals surface area contributed by atoms with Crippen molar-refractivity contribution >= 4 is 51.3 Å². The molecule has 0 bridgehead atoms. The van der Waals surface area contributed by atoms with Crippen molar-refractivity contribution in [3.8, 4) is 22.8 Å². The third-order valence-electron chi connectivity index (χ3n) is 12.9. The topological polar surface area (TPSA) is 162 Å². The third-order valence-corrected chi connectivity index (χ3v) is 12.9. The molecule has 14 nitrogen and oxygen atoms in total. The van der Waals surface area contributed by atoms with Crippen LogP contribution in [0.15, 0.2) is 73.2 Å². The number of hydrogen-bond donors (Lipinski definition) is 1. The molecule has 5 amide bonds. The maximum Gasteiger partial charge on any atom is 0.262 e. The molecule has 3 aliphatic heterocycles. The third kappa shape index (κ3) is 6.68. The predicted octanol–water partition coefficient (Wildman–Crippen LogP) is 5.21. The van der Waals surface area contributed by atoms with Gasteiger partial charge >= 0.3 is 0 Å². The Kier molecular flexibility index (Phi) is 9.19. The number of carbonyl (C=O) groups is 5. The second-order valence-corrected chi connectivity index (χ2v) is 16.8. The van der Waals surface area contributed by atoms with Gasteiger partial charge in [0.15, 0.2) is 0 Å². The summed E-state index contributed by atoms with van der Waals surface area (Å²) in [5, 5.41) is 4.52. The fourth-order valence-electron chi connectivity index (χ4n) is 9.53. The highest BCUT2D eigenvalue weighted by atomic mass is 16.5. The zero-order valence-corrected chi connectivity index (χ0v) is 32.7. The minimum atomic E-state index is -0.999. The Morgan fingerprint density at radius 2 is 1.64 bits per heavy atom. The van der Waals surface area contributed by atoms with E-state index in [1.165, 1.54) is 5.39 Å². The van der Waals surface area contributed by atoms with Gasteiger partial charge in [-0.15, -0.1) is 0 Å². The van der Waals surface area contributed by atoms with Gasteiger partial charge in [-0.05, 0) is 86.9 Å². The molecule has 59 heavy (non-hydrogen) atoms. The number of imide groups is 2. The maximum atomic E-state index is 13.2. The number of nitrogens with one attached hydrogen (secondary N) is 1. The first-order chi connectivity index (χ1) is 28.6. The van der Waals surface area contributed by atoms with Crippen molar-refractivity contribution in [3.05, 3.63) is 84.3 Å². The summed E-state index contributed by atoms with van der Waals surface area (Å²) in [5.74, 6) is -0.861. The molecule has 2 aliphatic carbocycles. The first kappa shape index (κ1) is 37.1. The van der Waals surface area contributed by atoms with Gasteiger partial charge in [-0.2, -0.15) is 0 Å². The summed E-state index contributed by atoms with van der Waals surface area (Å²) in [6, 6.07) is 16.2. The number of fused-ring (bicyclic) bond motifs is 4. The summed E-state index contributed by atoms with van der Waals surface area (Å²) in [5.41, 5.74) is 5.00. The number of benzene rings is 2. The fourth-order valence-corrected chi connectivity index (χ4v) is 9.53. The van der Waals surface area contributed by atoms with Crippen LogP contribution in [0.4, 0.5) is 0 Å². The number of unbranched alkanes of at least 4 members (excludes halogenated alkanes) is 1. The first-order valence-electron chi connectivity index (χ1n) is 20.5. The van der Waals surface area contributed by atoms with Gasteiger partial charge in [0.1, 0.15) is 17.9 Å². The van der Waals surface area contributed by atoms with Crippen molar-refractivity contribution in [2.45, 2.75) is 69.6 Å². The molecule has 1 spiro atoms. The summed E-state index contributed by atoms with van der Waals surface area (Å²) in [7, 11) is 2.07. The molecule has 14 heteroatoms. The van der Waals surface area contributed by atoms with E-state index in [-0.39, 0.29) is 53.4 Å². The smallest absolute Gasteiger partial charge is 0.262 e. The van der Waals surface area contributed by atoms with Gasteiger partial charge in [-0.25, -0.2) is 4.98 Å². The number of ether oxygens (including phenoxy) is 3. The Morgan fingerprint density at radius 3 is 2.44 bits per heavy atom. The molecule has 1 N–H and O–H groups in total. The van der Waals surface area contributed by atoms with E-state index >= 15 is 0 Å². The van der Waals surface area contributed by atoms with E-state index in [0.29, 0.717) is 37.7 Å². The number of aromatic nitrogens is 3. The summed E-state index contributed by atoms with van der Waals surface area (Å²) in [4.78, 5) is 74.8. The molecule has 2 saturated carbocycles. The fraction of sp³-hybridized carbons (Fsp3) is 0.400. The van der Waals surface area contributed by atoms with E-state index in [9.17, 15) is 24.0 Å². The Morgan fingerprint density at radius 1 is 0.847 bits per heavy atom. The Bertz CT molecular complexity index is 2530. The van der Waals surface area contributed by atoms with Crippen LogP contribution in [0, 0.1) is 11.3 Å². The number of piperidine rings is 1. The van der Waals surface area contributed by atoms with E-state index in [1.54, 1.807) is 18.2 Å².